The minimum absolute atomic E-state index is 0.0265. The van der Waals surface area contributed by atoms with Crippen LogP contribution in [-0.2, 0) is 20.9 Å². The first-order valence-electron chi connectivity index (χ1n) is 9.44. The van der Waals surface area contributed by atoms with E-state index in [-0.39, 0.29) is 28.7 Å². The summed E-state index contributed by atoms with van der Waals surface area (Å²) in [6.07, 6.45) is 0. The van der Waals surface area contributed by atoms with Gasteiger partial charge in [0.15, 0.2) is 5.13 Å². The summed E-state index contributed by atoms with van der Waals surface area (Å²) in [5.41, 5.74) is 0.154. The average Bonchev–Trinajstić information content (AvgIpc) is 3.25. The molecule has 0 saturated carbocycles. The Morgan fingerprint density at radius 2 is 1.97 bits per heavy atom. The predicted octanol–water partition coefficient (Wildman–Crippen LogP) is 3.35. The number of rotatable bonds is 8. The summed E-state index contributed by atoms with van der Waals surface area (Å²) in [6.45, 7) is 0.579. The van der Waals surface area contributed by atoms with Crippen molar-refractivity contribution in [2.75, 3.05) is 11.4 Å². The van der Waals surface area contributed by atoms with Gasteiger partial charge < -0.3 is 10.1 Å². The molecule has 33 heavy (non-hydrogen) atoms. The normalized spacial score (nSPS) is 10.4. The highest BCUT2D eigenvalue weighted by Gasteiger charge is 2.21. The van der Waals surface area contributed by atoms with Gasteiger partial charge in [0, 0.05) is 30.0 Å². The molecule has 170 valence electrons. The van der Waals surface area contributed by atoms with Crippen molar-refractivity contribution in [3.8, 4) is 0 Å². The lowest BCUT2D eigenvalue weighted by Crippen LogP contribution is -2.30. The van der Waals surface area contributed by atoms with Crippen molar-refractivity contribution in [2.24, 2.45) is 0 Å². The topological polar surface area (TPSA) is 132 Å². The van der Waals surface area contributed by atoms with E-state index in [4.69, 9.17) is 4.74 Å². The highest BCUT2D eigenvalue weighted by Crippen LogP contribution is 2.30. The summed E-state index contributed by atoms with van der Waals surface area (Å²) in [5.74, 6) is -2.47. The minimum Gasteiger partial charge on any atom is -0.458 e. The predicted molar refractivity (Wildman–Crippen MR) is 117 cm³/mol. The molecule has 0 unspecified atom stereocenters. The Labute approximate surface area is 190 Å². The smallest absolute Gasteiger partial charge is 0.325 e. The van der Waals surface area contributed by atoms with E-state index in [1.165, 1.54) is 43.3 Å². The van der Waals surface area contributed by atoms with Gasteiger partial charge in [0.2, 0.25) is 5.91 Å². The standard InChI is InChI=1S/C21H17FN4O6S/c1-13(27)25(18-8-3-2-7-17(18)22)21-24-15(12-33-21)11-32-19(28)10-23-20(29)14-5-4-6-16(9-14)26(30)31/h2-9,12H,10-11H2,1H3,(H,23,29). The van der Waals surface area contributed by atoms with Gasteiger partial charge in [0.1, 0.15) is 19.0 Å². The van der Waals surface area contributed by atoms with Gasteiger partial charge in [-0.1, -0.05) is 18.2 Å². The molecule has 1 N–H and O–H groups in total. The van der Waals surface area contributed by atoms with Crippen molar-refractivity contribution >= 4 is 45.6 Å². The molecule has 0 saturated heterocycles. The van der Waals surface area contributed by atoms with Gasteiger partial charge in [-0.3, -0.25) is 29.4 Å². The molecule has 0 fully saturated rings. The molecule has 3 aromatic rings. The van der Waals surface area contributed by atoms with E-state index in [1.807, 2.05) is 0 Å². The highest BCUT2D eigenvalue weighted by atomic mass is 32.1. The van der Waals surface area contributed by atoms with Crippen LogP contribution in [0, 0.1) is 15.9 Å². The molecule has 0 radical (unpaired) electrons. The second-order valence-electron chi connectivity index (χ2n) is 6.58. The number of nitro benzene ring substituents is 1. The van der Waals surface area contributed by atoms with Gasteiger partial charge in [-0.2, -0.15) is 0 Å². The van der Waals surface area contributed by atoms with Crippen molar-refractivity contribution in [2.45, 2.75) is 13.5 Å². The first-order chi connectivity index (χ1) is 15.8. The third-order valence-electron chi connectivity index (χ3n) is 4.23. The van der Waals surface area contributed by atoms with Crippen molar-refractivity contribution in [1.82, 2.24) is 10.3 Å². The summed E-state index contributed by atoms with van der Waals surface area (Å²) < 4.78 is 19.2. The SMILES string of the molecule is CC(=O)N(c1nc(COC(=O)CNC(=O)c2cccc([N+](=O)[O-])c2)cs1)c1ccccc1F. The quantitative estimate of drug-likeness (QED) is 0.302. The maximum atomic E-state index is 14.1. The zero-order chi connectivity index (χ0) is 24.0. The molecule has 1 heterocycles. The summed E-state index contributed by atoms with van der Waals surface area (Å²) in [6, 6.07) is 10.8. The second kappa shape index (κ2) is 10.4. The molecule has 10 nitrogen and oxygen atoms in total. The van der Waals surface area contributed by atoms with Gasteiger partial charge in [0.25, 0.3) is 11.6 Å². The van der Waals surface area contributed by atoms with Crippen LogP contribution in [0.5, 0.6) is 0 Å². The molecule has 1 aromatic heterocycles. The Balaban J connectivity index is 1.56. The van der Waals surface area contributed by atoms with Gasteiger partial charge in [-0.15, -0.1) is 11.3 Å². The third kappa shape index (κ3) is 5.95. The summed E-state index contributed by atoms with van der Waals surface area (Å²) in [5, 5.41) is 14.9. The number of halogens is 1. The number of para-hydroxylation sites is 1. The molecule has 2 aromatic carbocycles. The van der Waals surface area contributed by atoms with E-state index in [0.29, 0.717) is 5.69 Å². The van der Waals surface area contributed by atoms with Gasteiger partial charge in [0.05, 0.1) is 16.3 Å². The Bertz CT molecular complexity index is 1210. The molecule has 0 aliphatic heterocycles. The Morgan fingerprint density at radius 3 is 2.67 bits per heavy atom. The number of benzene rings is 2. The lowest BCUT2D eigenvalue weighted by molar-refractivity contribution is -0.384. The van der Waals surface area contributed by atoms with Gasteiger partial charge in [-0.05, 0) is 18.2 Å². The number of nitrogens with one attached hydrogen (secondary N) is 1. The van der Waals surface area contributed by atoms with E-state index in [0.717, 1.165) is 22.3 Å². The van der Waals surface area contributed by atoms with E-state index in [2.05, 4.69) is 10.3 Å². The second-order valence-corrected chi connectivity index (χ2v) is 7.41. The lowest BCUT2D eigenvalue weighted by Gasteiger charge is -2.18. The van der Waals surface area contributed by atoms with E-state index in [9.17, 15) is 28.9 Å². The fraction of sp³-hybridized carbons (Fsp3) is 0.143. The number of aromatic nitrogens is 1. The number of anilines is 2. The average molecular weight is 472 g/mol. The minimum atomic E-state index is -0.763. The number of amides is 2. The number of carbonyl (C=O) groups is 3. The number of thiazole rings is 1. The van der Waals surface area contributed by atoms with Crippen LogP contribution in [0.1, 0.15) is 23.0 Å². The molecule has 12 heteroatoms. The maximum absolute atomic E-state index is 14.1. The Kier molecular flexibility index (Phi) is 7.41. The maximum Gasteiger partial charge on any atom is 0.325 e. The fourth-order valence-corrected chi connectivity index (χ4v) is 3.59. The van der Waals surface area contributed by atoms with Crippen molar-refractivity contribution in [3.63, 3.8) is 0 Å². The molecular formula is C21H17FN4O6S. The van der Waals surface area contributed by atoms with Crippen LogP contribution >= 0.6 is 11.3 Å². The van der Waals surface area contributed by atoms with Crippen LogP contribution in [0.2, 0.25) is 0 Å². The van der Waals surface area contributed by atoms with Crippen molar-refractivity contribution < 1.29 is 28.4 Å². The number of nitrogens with zero attached hydrogens (tertiary/aromatic N) is 3. The molecule has 2 amide bonds. The summed E-state index contributed by atoms with van der Waals surface area (Å²) in [4.78, 5) is 51.6. The zero-order valence-corrected chi connectivity index (χ0v) is 18.0. The van der Waals surface area contributed by atoms with E-state index < -0.39 is 35.1 Å². The highest BCUT2D eigenvalue weighted by molar-refractivity contribution is 7.14. The molecule has 0 aliphatic carbocycles. The largest absolute Gasteiger partial charge is 0.458 e. The number of carbonyl (C=O) groups excluding carboxylic acids is 3. The first kappa shape index (κ1) is 23.5. The monoisotopic (exact) mass is 472 g/mol. The zero-order valence-electron chi connectivity index (χ0n) is 17.2. The number of esters is 1. The molecule has 0 aliphatic rings. The van der Waals surface area contributed by atoms with Crippen LogP contribution < -0.4 is 10.2 Å². The number of hydrogen-bond donors (Lipinski definition) is 1. The van der Waals surface area contributed by atoms with Gasteiger partial charge in [-0.25, -0.2) is 9.37 Å². The van der Waals surface area contributed by atoms with Crippen molar-refractivity contribution in [1.29, 1.82) is 0 Å². The first-order valence-corrected chi connectivity index (χ1v) is 10.3. The van der Waals surface area contributed by atoms with Gasteiger partial charge >= 0.3 is 5.97 Å². The van der Waals surface area contributed by atoms with Crippen LogP contribution in [0.3, 0.4) is 0 Å². The Morgan fingerprint density at radius 1 is 1.21 bits per heavy atom. The fourth-order valence-electron chi connectivity index (χ4n) is 2.73. The molecule has 0 atom stereocenters. The molecule has 3 rings (SSSR count). The molecular weight excluding hydrogens is 455 g/mol. The third-order valence-corrected chi connectivity index (χ3v) is 5.11. The molecule has 0 bridgehead atoms. The summed E-state index contributed by atoms with van der Waals surface area (Å²) in [7, 11) is 0. The van der Waals surface area contributed by atoms with Crippen LogP contribution in [-0.4, -0.2) is 34.2 Å². The van der Waals surface area contributed by atoms with Crippen LogP contribution in [0.4, 0.5) is 20.9 Å². The number of nitro groups is 1. The number of hydrogen-bond acceptors (Lipinski definition) is 8. The Hall–Kier alpha value is -4.19. The van der Waals surface area contributed by atoms with Crippen molar-refractivity contribution in [3.05, 3.63) is 81.1 Å². The number of non-ortho nitro benzene ring substituents is 1. The molecule has 0 spiro atoms. The van der Waals surface area contributed by atoms with E-state index >= 15 is 0 Å². The number of ether oxygens (including phenoxy) is 1. The lowest BCUT2D eigenvalue weighted by atomic mass is 10.2. The van der Waals surface area contributed by atoms with Crippen LogP contribution in [0.15, 0.2) is 53.9 Å². The summed E-state index contributed by atoms with van der Waals surface area (Å²) >= 11 is 1.07. The van der Waals surface area contributed by atoms with Crippen LogP contribution in [0.25, 0.3) is 0 Å². The van der Waals surface area contributed by atoms with E-state index in [1.54, 1.807) is 11.4 Å².